The molecular formula is C36H38O7. The molecule has 43 heavy (non-hydrogen) atoms. The van der Waals surface area contributed by atoms with Crippen molar-refractivity contribution in [2.24, 2.45) is 0 Å². The van der Waals surface area contributed by atoms with Gasteiger partial charge in [-0.2, -0.15) is 0 Å². The first-order valence-electron chi connectivity index (χ1n) is 14.6. The van der Waals surface area contributed by atoms with Crippen LogP contribution in [0.2, 0.25) is 0 Å². The van der Waals surface area contributed by atoms with Gasteiger partial charge in [-0.15, -0.1) is 0 Å². The molecule has 7 heteroatoms. The summed E-state index contributed by atoms with van der Waals surface area (Å²) < 4.78 is 37.9. The van der Waals surface area contributed by atoms with Gasteiger partial charge in [-0.3, -0.25) is 4.79 Å². The van der Waals surface area contributed by atoms with Crippen LogP contribution in [0.5, 0.6) is 0 Å². The SMILES string of the molecule is CC(=O)O[C@@H]1O[C@H](COCc2ccccc2)[C@@H](OCc2ccccc2)[C@H](OCc2ccccc2)[C@@H]1OCc1ccccc1. The third kappa shape index (κ3) is 9.32. The van der Waals surface area contributed by atoms with Crippen LogP contribution in [0.1, 0.15) is 29.2 Å². The number of ether oxygens (including phenoxy) is 6. The number of benzene rings is 4. The maximum absolute atomic E-state index is 12.3. The highest BCUT2D eigenvalue weighted by Crippen LogP contribution is 2.31. The van der Waals surface area contributed by atoms with Gasteiger partial charge < -0.3 is 28.4 Å². The van der Waals surface area contributed by atoms with Crippen LogP contribution in [0.15, 0.2) is 121 Å². The molecule has 5 rings (SSSR count). The highest BCUT2D eigenvalue weighted by atomic mass is 16.7. The second-order valence-electron chi connectivity index (χ2n) is 10.4. The summed E-state index contributed by atoms with van der Waals surface area (Å²) in [5.41, 5.74) is 4.02. The van der Waals surface area contributed by atoms with Crippen LogP contribution in [0.4, 0.5) is 0 Å². The summed E-state index contributed by atoms with van der Waals surface area (Å²) in [6, 6.07) is 39.6. The summed E-state index contributed by atoms with van der Waals surface area (Å²) >= 11 is 0. The monoisotopic (exact) mass is 582 g/mol. The highest BCUT2D eigenvalue weighted by molar-refractivity contribution is 5.66. The van der Waals surface area contributed by atoms with Crippen molar-refractivity contribution in [3.63, 3.8) is 0 Å². The number of rotatable bonds is 14. The van der Waals surface area contributed by atoms with E-state index in [1.807, 2.05) is 121 Å². The maximum Gasteiger partial charge on any atom is 0.305 e. The molecule has 0 radical (unpaired) electrons. The van der Waals surface area contributed by atoms with Crippen molar-refractivity contribution >= 4 is 5.97 Å². The zero-order chi connectivity index (χ0) is 29.7. The lowest BCUT2D eigenvalue weighted by Crippen LogP contribution is -2.62. The van der Waals surface area contributed by atoms with Crippen molar-refractivity contribution in [1.82, 2.24) is 0 Å². The molecule has 0 aliphatic carbocycles. The molecule has 1 saturated heterocycles. The third-order valence-electron chi connectivity index (χ3n) is 7.12. The number of carbonyl (C=O) groups is 1. The average molecular weight is 583 g/mol. The lowest BCUT2D eigenvalue weighted by atomic mass is 9.97. The van der Waals surface area contributed by atoms with Gasteiger partial charge in [0.25, 0.3) is 0 Å². The molecule has 0 bridgehead atoms. The van der Waals surface area contributed by atoms with Gasteiger partial charge in [-0.1, -0.05) is 121 Å². The summed E-state index contributed by atoms with van der Waals surface area (Å²) in [5.74, 6) is -0.479. The highest BCUT2D eigenvalue weighted by Gasteiger charge is 2.50. The lowest BCUT2D eigenvalue weighted by Gasteiger charge is -2.45. The van der Waals surface area contributed by atoms with Gasteiger partial charge in [0, 0.05) is 6.92 Å². The third-order valence-corrected chi connectivity index (χ3v) is 7.12. The molecule has 7 nitrogen and oxygen atoms in total. The summed E-state index contributed by atoms with van der Waals surface area (Å²) in [5, 5.41) is 0. The van der Waals surface area contributed by atoms with E-state index >= 15 is 0 Å². The molecule has 1 aliphatic heterocycles. The van der Waals surface area contributed by atoms with Crippen LogP contribution < -0.4 is 0 Å². The minimum absolute atomic E-state index is 0.197. The normalized spacial score (nSPS) is 21.7. The van der Waals surface area contributed by atoms with Crippen LogP contribution in [0, 0.1) is 0 Å². The van der Waals surface area contributed by atoms with E-state index in [-0.39, 0.29) is 13.2 Å². The van der Waals surface area contributed by atoms with Crippen molar-refractivity contribution in [3.8, 4) is 0 Å². The predicted octanol–water partition coefficient (Wildman–Crippen LogP) is 6.25. The Morgan fingerprint density at radius 3 is 1.40 bits per heavy atom. The summed E-state index contributed by atoms with van der Waals surface area (Å²) in [6.07, 6.45) is -3.62. The Balaban J connectivity index is 1.42. The fraction of sp³-hybridized carbons (Fsp3) is 0.306. The van der Waals surface area contributed by atoms with Gasteiger partial charge in [0.2, 0.25) is 6.29 Å². The van der Waals surface area contributed by atoms with Crippen LogP contribution in [0.3, 0.4) is 0 Å². The molecule has 0 spiro atoms. The Hall–Kier alpha value is -3.85. The molecule has 5 atom stereocenters. The fourth-order valence-electron chi connectivity index (χ4n) is 5.01. The van der Waals surface area contributed by atoms with Crippen LogP contribution >= 0.6 is 0 Å². The number of esters is 1. The maximum atomic E-state index is 12.3. The summed E-state index contributed by atoms with van der Waals surface area (Å²) in [7, 11) is 0. The topological polar surface area (TPSA) is 72.5 Å². The van der Waals surface area contributed by atoms with Gasteiger partial charge in [0.05, 0.1) is 33.0 Å². The van der Waals surface area contributed by atoms with E-state index in [4.69, 9.17) is 28.4 Å². The number of hydrogen-bond acceptors (Lipinski definition) is 7. The molecule has 1 heterocycles. The molecule has 1 fully saturated rings. The second-order valence-corrected chi connectivity index (χ2v) is 10.4. The van der Waals surface area contributed by atoms with Crippen LogP contribution in [-0.4, -0.2) is 43.3 Å². The van der Waals surface area contributed by atoms with E-state index in [2.05, 4.69) is 0 Å². The summed E-state index contributed by atoms with van der Waals surface area (Å²) in [4.78, 5) is 12.3. The fourth-order valence-corrected chi connectivity index (χ4v) is 5.01. The average Bonchev–Trinajstić information content (AvgIpc) is 3.04. The molecule has 4 aromatic carbocycles. The number of carbonyl (C=O) groups excluding carboxylic acids is 1. The minimum atomic E-state index is -1.02. The van der Waals surface area contributed by atoms with Crippen molar-refractivity contribution < 1.29 is 33.2 Å². The molecule has 224 valence electrons. The van der Waals surface area contributed by atoms with Crippen LogP contribution in [-0.2, 0) is 59.6 Å². The summed E-state index contributed by atoms with van der Waals surface area (Å²) in [6.45, 7) is 2.87. The first-order chi connectivity index (χ1) is 21.2. The van der Waals surface area contributed by atoms with E-state index in [9.17, 15) is 4.79 Å². The van der Waals surface area contributed by atoms with Crippen molar-refractivity contribution in [1.29, 1.82) is 0 Å². The second kappa shape index (κ2) is 16.1. The number of hydrogen-bond donors (Lipinski definition) is 0. The van der Waals surface area contributed by atoms with E-state index in [0.717, 1.165) is 22.3 Å². The van der Waals surface area contributed by atoms with Gasteiger partial charge in [0.15, 0.2) is 0 Å². The predicted molar refractivity (Wildman–Crippen MR) is 162 cm³/mol. The Morgan fingerprint density at radius 1 is 0.558 bits per heavy atom. The Kier molecular flexibility index (Phi) is 11.5. The smallest absolute Gasteiger partial charge is 0.305 e. The van der Waals surface area contributed by atoms with E-state index < -0.39 is 36.7 Å². The molecule has 4 aromatic rings. The van der Waals surface area contributed by atoms with E-state index in [1.165, 1.54) is 6.92 Å². The van der Waals surface area contributed by atoms with Gasteiger partial charge in [0.1, 0.15) is 24.4 Å². The minimum Gasteiger partial charge on any atom is -0.433 e. The van der Waals surface area contributed by atoms with E-state index in [0.29, 0.717) is 19.8 Å². The van der Waals surface area contributed by atoms with E-state index in [1.54, 1.807) is 0 Å². The lowest BCUT2D eigenvalue weighted by molar-refractivity contribution is -0.320. The molecule has 1 aliphatic rings. The largest absolute Gasteiger partial charge is 0.433 e. The first kappa shape index (κ1) is 30.6. The molecule has 0 unspecified atom stereocenters. The van der Waals surface area contributed by atoms with Gasteiger partial charge >= 0.3 is 5.97 Å². The van der Waals surface area contributed by atoms with Gasteiger partial charge in [-0.05, 0) is 22.3 Å². The Morgan fingerprint density at radius 2 is 0.953 bits per heavy atom. The molecule has 0 saturated carbocycles. The van der Waals surface area contributed by atoms with Crippen molar-refractivity contribution in [2.45, 2.75) is 64.1 Å². The van der Waals surface area contributed by atoms with Gasteiger partial charge in [-0.25, -0.2) is 0 Å². The van der Waals surface area contributed by atoms with Crippen molar-refractivity contribution in [2.75, 3.05) is 6.61 Å². The standard InChI is InChI=1S/C36H38O7/c1-27(37)42-36-35(41-25-31-20-12-5-13-21-31)34(40-24-30-18-10-4-11-19-30)33(39-23-29-16-8-3-9-17-29)32(43-36)26-38-22-28-14-6-2-7-15-28/h2-21,32-36H,22-26H2,1H3/t32-,33-,34+,35+,36-/m1/s1. The Labute approximate surface area is 253 Å². The molecule has 0 amide bonds. The zero-order valence-corrected chi connectivity index (χ0v) is 24.3. The first-order valence-corrected chi connectivity index (χ1v) is 14.6. The van der Waals surface area contributed by atoms with Crippen molar-refractivity contribution in [3.05, 3.63) is 144 Å². The molecule has 0 aromatic heterocycles. The Bertz CT molecular complexity index is 1350. The quantitative estimate of drug-likeness (QED) is 0.163. The molecule has 0 N–H and O–H groups in total. The van der Waals surface area contributed by atoms with Crippen LogP contribution in [0.25, 0.3) is 0 Å². The molecular weight excluding hydrogens is 544 g/mol. The zero-order valence-electron chi connectivity index (χ0n) is 24.3.